The van der Waals surface area contributed by atoms with Gasteiger partial charge in [0, 0.05) is 24.7 Å². The summed E-state index contributed by atoms with van der Waals surface area (Å²) in [5, 5.41) is 8.87. The van der Waals surface area contributed by atoms with Gasteiger partial charge < -0.3 is 10.0 Å². The zero-order valence-corrected chi connectivity index (χ0v) is 13.7. The summed E-state index contributed by atoms with van der Waals surface area (Å²) in [7, 11) is 1.76. The van der Waals surface area contributed by atoms with E-state index in [0.29, 0.717) is 19.5 Å². The second-order valence-corrected chi connectivity index (χ2v) is 6.16. The van der Waals surface area contributed by atoms with Crippen LogP contribution in [0.3, 0.4) is 0 Å². The lowest BCUT2D eigenvalue weighted by Gasteiger charge is -2.25. The Bertz CT molecular complexity index is 609. The fraction of sp³-hybridized carbons (Fsp3) is 0.529. The number of likely N-dealkylation sites (N-methyl/N-ethyl adjacent to an activating group) is 1. The SMILES string of the molecule is CN(CC(=O)O)C1CCCN(C(=O)Cc2cccc(F)c2F)CC1. The standard InChI is InChI=1S/C17H22F2N2O3/c1-20(11-16(23)24)13-5-3-8-21(9-7-13)15(22)10-12-4-2-6-14(18)17(12)19/h2,4,6,13H,3,5,7-11H2,1H3,(H,23,24). The second kappa shape index (κ2) is 8.19. The quantitative estimate of drug-likeness (QED) is 0.889. The summed E-state index contributed by atoms with van der Waals surface area (Å²) in [5.41, 5.74) is 0.0591. The molecule has 1 aromatic rings. The Balaban J connectivity index is 1.94. The van der Waals surface area contributed by atoms with E-state index < -0.39 is 17.6 Å². The Kier molecular flexibility index (Phi) is 6.25. The van der Waals surface area contributed by atoms with Gasteiger partial charge in [-0.1, -0.05) is 12.1 Å². The van der Waals surface area contributed by atoms with Crippen LogP contribution in [0.2, 0.25) is 0 Å². The van der Waals surface area contributed by atoms with E-state index in [0.717, 1.165) is 18.9 Å². The van der Waals surface area contributed by atoms with Gasteiger partial charge in [-0.15, -0.1) is 0 Å². The molecular formula is C17H22F2N2O3. The molecule has 1 N–H and O–H groups in total. The fourth-order valence-corrected chi connectivity index (χ4v) is 3.07. The molecule has 2 rings (SSSR count). The molecule has 24 heavy (non-hydrogen) atoms. The smallest absolute Gasteiger partial charge is 0.317 e. The van der Waals surface area contributed by atoms with Crippen LogP contribution in [0.5, 0.6) is 0 Å². The van der Waals surface area contributed by atoms with Crippen LogP contribution in [0.25, 0.3) is 0 Å². The van der Waals surface area contributed by atoms with E-state index in [2.05, 4.69) is 0 Å². The van der Waals surface area contributed by atoms with Crippen LogP contribution >= 0.6 is 0 Å². The largest absolute Gasteiger partial charge is 0.480 e. The number of likely N-dealkylation sites (tertiary alicyclic amines) is 1. The minimum absolute atomic E-state index is 0.0346. The Morgan fingerprint density at radius 3 is 2.75 bits per heavy atom. The van der Waals surface area contributed by atoms with E-state index in [1.54, 1.807) is 16.8 Å². The summed E-state index contributed by atoms with van der Waals surface area (Å²) < 4.78 is 26.9. The topological polar surface area (TPSA) is 60.9 Å². The minimum Gasteiger partial charge on any atom is -0.480 e. The molecule has 0 saturated carbocycles. The predicted octanol–water partition coefficient (Wildman–Crippen LogP) is 1.90. The molecule has 0 aliphatic carbocycles. The third-order valence-corrected chi connectivity index (χ3v) is 4.43. The number of carboxylic acids is 1. The molecule has 1 saturated heterocycles. The van der Waals surface area contributed by atoms with Crippen molar-refractivity contribution < 1.29 is 23.5 Å². The van der Waals surface area contributed by atoms with Gasteiger partial charge in [0.25, 0.3) is 0 Å². The second-order valence-electron chi connectivity index (χ2n) is 6.16. The number of aliphatic carboxylic acids is 1. The third-order valence-electron chi connectivity index (χ3n) is 4.43. The fourth-order valence-electron chi connectivity index (χ4n) is 3.07. The minimum atomic E-state index is -0.972. The monoisotopic (exact) mass is 340 g/mol. The first-order valence-electron chi connectivity index (χ1n) is 8.01. The molecule has 1 fully saturated rings. The molecule has 5 nitrogen and oxygen atoms in total. The zero-order valence-electron chi connectivity index (χ0n) is 13.7. The average molecular weight is 340 g/mol. The normalized spacial score (nSPS) is 18.5. The third kappa shape index (κ3) is 4.74. The van der Waals surface area contributed by atoms with Crippen molar-refractivity contribution in [1.82, 2.24) is 9.80 Å². The molecule has 0 bridgehead atoms. The molecule has 1 aliphatic rings. The van der Waals surface area contributed by atoms with E-state index in [9.17, 15) is 18.4 Å². The predicted molar refractivity (Wildman–Crippen MR) is 84.5 cm³/mol. The summed E-state index contributed by atoms with van der Waals surface area (Å²) >= 11 is 0. The van der Waals surface area contributed by atoms with Crippen molar-refractivity contribution in [2.75, 3.05) is 26.7 Å². The lowest BCUT2D eigenvalue weighted by Crippen LogP contribution is -2.37. The van der Waals surface area contributed by atoms with Gasteiger partial charge in [0.1, 0.15) is 0 Å². The number of carbonyl (C=O) groups is 2. The molecule has 1 amide bonds. The first-order chi connectivity index (χ1) is 11.4. The van der Waals surface area contributed by atoms with Crippen LogP contribution in [0.4, 0.5) is 8.78 Å². The van der Waals surface area contributed by atoms with Crippen molar-refractivity contribution in [3.63, 3.8) is 0 Å². The zero-order chi connectivity index (χ0) is 17.7. The maximum absolute atomic E-state index is 13.7. The van der Waals surface area contributed by atoms with E-state index in [1.165, 1.54) is 12.1 Å². The first kappa shape index (κ1) is 18.3. The lowest BCUT2D eigenvalue weighted by molar-refractivity contribution is -0.138. The van der Waals surface area contributed by atoms with E-state index in [1.807, 2.05) is 0 Å². The molecular weight excluding hydrogens is 318 g/mol. The summed E-state index contributed by atoms with van der Waals surface area (Å²) in [6.45, 7) is 1.00. The van der Waals surface area contributed by atoms with Crippen LogP contribution in [0.1, 0.15) is 24.8 Å². The van der Waals surface area contributed by atoms with Crippen molar-refractivity contribution in [2.45, 2.75) is 31.7 Å². The molecule has 0 spiro atoms. The highest BCUT2D eigenvalue weighted by atomic mass is 19.2. The van der Waals surface area contributed by atoms with Crippen molar-refractivity contribution in [1.29, 1.82) is 0 Å². The highest BCUT2D eigenvalue weighted by Crippen LogP contribution is 2.18. The maximum Gasteiger partial charge on any atom is 0.317 e. The van der Waals surface area contributed by atoms with Gasteiger partial charge in [-0.2, -0.15) is 0 Å². The van der Waals surface area contributed by atoms with Crippen molar-refractivity contribution in [2.24, 2.45) is 0 Å². The number of amides is 1. The molecule has 1 aliphatic heterocycles. The Hall–Kier alpha value is -2.02. The first-order valence-corrected chi connectivity index (χ1v) is 8.01. The van der Waals surface area contributed by atoms with Crippen molar-refractivity contribution in [3.05, 3.63) is 35.4 Å². The number of rotatable bonds is 5. The van der Waals surface area contributed by atoms with Gasteiger partial charge in [0.15, 0.2) is 11.6 Å². The van der Waals surface area contributed by atoms with Gasteiger partial charge >= 0.3 is 5.97 Å². The molecule has 132 valence electrons. The van der Waals surface area contributed by atoms with Gasteiger partial charge in [-0.25, -0.2) is 8.78 Å². The molecule has 0 aromatic heterocycles. The van der Waals surface area contributed by atoms with E-state index >= 15 is 0 Å². The Morgan fingerprint density at radius 2 is 2.04 bits per heavy atom. The number of carboxylic acid groups (broad SMARTS) is 1. The molecule has 1 heterocycles. The van der Waals surface area contributed by atoms with E-state index in [-0.39, 0.29) is 30.5 Å². The van der Waals surface area contributed by atoms with Gasteiger partial charge in [0.2, 0.25) is 5.91 Å². The molecule has 0 radical (unpaired) electrons. The molecule has 1 unspecified atom stereocenters. The van der Waals surface area contributed by atoms with Crippen LogP contribution in [-0.2, 0) is 16.0 Å². The highest BCUT2D eigenvalue weighted by Gasteiger charge is 2.24. The van der Waals surface area contributed by atoms with Crippen LogP contribution in [0, 0.1) is 11.6 Å². The maximum atomic E-state index is 13.7. The summed E-state index contributed by atoms with van der Waals surface area (Å²) in [5.74, 6) is -3.04. The summed E-state index contributed by atoms with van der Waals surface area (Å²) in [4.78, 5) is 26.6. The van der Waals surface area contributed by atoms with Crippen LogP contribution < -0.4 is 0 Å². The van der Waals surface area contributed by atoms with Crippen molar-refractivity contribution in [3.8, 4) is 0 Å². The lowest BCUT2D eigenvalue weighted by atomic mass is 10.1. The van der Waals surface area contributed by atoms with Gasteiger partial charge in [-0.05, 0) is 32.4 Å². The summed E-state index contributed by atoms with van der Waals surface area (Å²) in [6, 6.07) is 3.93. The number of carbonyl (C=O) groups excluding carboxylic acids is 1. The molecule has 1 atom stereocenters. The Labute approximate surface area is 139 Å². The number of halogens is 2. The average Bonchev–Trinajstić information content (AvgIpc) is 2.77. The van der Waals surface area contributed by atoms with Crippen LogP contribution in [0.15, 0.2) is 18.2 Å². The molecule has 1 aromatic carbocycles. The number of hydrogen-bond donors (Lipinski definition) is 1. The summed E-state index contributed by atoms with van der Waals surface area (Å²) in [6.07, 6.45) is 2.06. The number of hydrogen-bond acceptors (Lipinski definition) is 3. The van der Waals surface area contributed by atoms with E-state index in [4.69, 9.17) is 5.11 Å². The number of benzene rings is 1. The highest BCUT2D eigenvalue weighted by molar-refractivity contribution is 5.78. The van der Waals surface area contributed by atoms with Crippen LogP contribution in [-0.4, -0.2) is 59.5 Å². The number of nitrogens with zero attached hydrogens (tertiary/aromatic N) is 2. The van der Waals surface area contributed by atoms with Crippen molar-refractivity contribution >= 4 is 11.9 Å². The van der Waals surface area contributed by atoms with Gasteiger partial charge in [-0.3, -0.25) is 14.5 Å². The molecule has 7 heteroatoms. The Morgan fingerprint density at radius 1 is 1.29 bits per heavy atom. The van der Waals surface area contributed by atoms with Gasteiger partial charge in [0.05, 0.1) is 13.0 Å².